The van der Waals surface area contributed by atoms with E-state index in [-0.39, 0.29) is 19.8 Å². The molecule has 1 aliphatic heterocycles. The number of aliphatic hydroxyl groups is 1. The highest BCUT2D eigenvalue weighted by molar-refractivity contribution is 5.89. The number of rotatable bonds is 10. The molecule has 0 spiro atoms. The van der Waals surface area contributed by atoms with Gasteiger partial charge in [0.25, 0.3) is 5.91 Å². The first-order valence-electron chi connectivity index (χ1n) is 10.8. The molecule has 0 aliphatic carbocycles. The molecule has 2 aromatic rings. The third kappa shape index (κ3) is 6.61. The molecular formula is C25H31NO7. The van der Waals surface area contributed by atoms with Gasteiger partial charge in [0.1, 0.15) is 0 Å². The van der Waals surface area contributed by atoms with Gasteiger partial charge in [-0.15, -0.1) is 0 Å². The van der Waals surface area contributed by atoms with E-state index in [1.807, 2.05) is 60.7 Å². The first-order valence-corrected chi connectivity index (χ1v) is 10.8. The Morgan fingerprint density at radius 3 is 2.15 bits per heavy atom. The Kier molecular flexibility index (Phi) is 8.57. The zero-order valence-corrected chi connectivity index (χ0v) is 19.2. The van der Waals surface area contributed by atoms with Gasteiger partial charge in [0, 0.05) is 6.54 Å². The van der Waals surface area contributed by atoms with E-state index in [2.05, 4.69) is 0 Å². The molecule has 0 aromatic heterocycles. The minimum Gasteiger partial charge on any atom is -0.467 e. The van der Waals surface area contributed by atoms with Crippen molar-refractivity contribution in [3.63, 3.8) is 0 Å². The highest BCUT2D eigenvalue weighted by atomic mass is 16.8. The topological polar surface area (TPSA) is 94.5 Å². The second-order valence-electron chi connectivity index (χ2n) is 8.29. The van der Waals surface area contributed by atoms with Crippen molar-refractivity contribution in [3.8, 4) is 0 Å². The fourth-order valence-electron chi connectivity index (χ4n) is 3.69. The summed E-state index contributed by atoms with van der Waals surface area (Å²) in [5.41, 5.74) is 1.84. The standard InChI is InChI=1S/C25H31NO7/c1-25(2)32-21(22(33-25)24(29)30-3)23(28)26(14-18-10-6-4-7-11-18)20(15-27)17-31-16-19-12-8-5-9-13-19/h4-13,20-22,27H,14-17H2,1-3H3/t20-,21-,22-/m1/s1. The van der Waals surface area contributed by atoms with E-state index in [4.69, 9.17) is 18.9 Å². The van der Waals surface area contributed by atoms with Crippen LogP contribution in [0.15, 0.2) is 60.7 Å². The number of benzene rings is 2. The largest absolute Gasteiger partial charge is 0.467 e. The molecule has 8 heteroatoms. The molecule has 3 rings (SSSR count). The molecule has 8 nitrogen and oxygen atoms in total. The normalized spacial score (nSPS) is 20.2. The van der Waals surface area contributed by atoms with Gasteiger partial charge in [-0.1, -0.05) is 60.7 Å². The predicted octanol–water partition coefficient (Wildman–Crippen LogP) is 2.29. The van der Waals surface area contributed by atoms with E-state index in [1.54, 1.807) is 13.8 Å². The Balaban J connectivity index is 1.81. The van der Waals surface area contributed by atoms with Crippen molar-refractivity contribution < 1.29 is 33.6 Å². The van der Waals surface area contributed by atoms with Gasteiger partial charge in [-0.2, -0.15) is 0 Å². The molecule has 1 fully saturated rings. The zero-order valence-electron chi connectivity index (χ0n) is 19.2. The maximum Gasteiger partial charge on any atom is 0.338 e. The number of esters is 1. The lowest BCUT2D eigenvalue weighted by Gasteiger charge is -2.33. The Morgan fingerprint density at radius 2 is 1.58 bits per heavy atom. The van der Waals surface area contributed by atoms with Crippen LogP contribution in [0.2, 0.25) is 0 Å². The monoisotopic (exact) mass is 457 g/mol. The van der Waals surface area contributed by atoms with E-state index in [1.165, 1.54) is 12.0 Å². The Labute approximate surface area is 194 Å². The van der Waals surface area contributed by atoms with Crippen LogP contribution in [-0.2, 0) is 41.7 Å². The number of methoxy groups -OCH3 is 1. The van der Waals surface area contributed by atoms with Gasteiger partial charge in [0.2, 0.25) is 0 Å². The van der Waals surface area contributed by atoms with E-state index in [9.17, 15) is 14.7 Å². The average Bonchev–Trinajstić information content (AvgIpc) is 3.16. The van der Waals surface area contributed by atoms with Crippen LogP contribution in [0.1, 0.15) is 25.0 Å². The number of ether oxygens (including phenoxy) is 4. The Morgan fingerprint density at radius 1 is 1.00 bits per heavy atom. The summed E-state index contributed by atoms with van der Waals surface area (Å²) in [5.74, 6) is -2.32. The fraction of sp³-hybridized carbons (Fsp3) is 0.440. The van der Waals surface area contributed by atoms with Crippen molar-refractivity contribution >= 4 is 11.9 Å². The second kappa shape index (κ2) is 11.4. The summed E-state index contributed by atoms with van der Waals surface area (Å²) in [6.45, 7) is 3.57. The molecule has 2 aromatic carbocycles. The van der Waals surface area contributed by atoms with E-state index in [0.717, 1.165) is 11.1 Å². The van der Waals surface area contributed by atoms with Crippen molar-refractivity contribution in [3.05, 3.63) is 71.8 Å². The minimum absolute atomic E-state index is 0.101. The van der Waals surface area contributed by atoms with Crippen molar-refractivity contribution in [1.82, 2.24) is 4.90 Å². The molecule has 0 bridgehead atoms. The van der Waals surface area contributed by atoms with Crippen LogP contribution in [0.3, 0.4) is 0 Å². The van der Waals surface area contributed by atoms with Crippen molar-refractivity contribution in [2.45, 2.75) is 51.0 Å². The summed E-state index contributed by atoms with van der Waals surface area (Å²) in [5, 5.41) is 10.1. The SMILES string of the molecule is COC(=O)[C@@H]1OC(C)(C)O[C@H]1C(=O)N(Cc1ccccc1)[C@H](CO)COCc1ccccc1. The first kappa shape index (κ1) is 24.9. The fourth-order valence-corrected chi connectivity index (χ4v) is 3.69. The molecule has 1 aliphatic rings. The van der Waals surface area contributed by atoms with Gasteiger partial charge in [-0.25, -0.2) is 4.79 Å². The lowest BCUT2D eigenvalue weighted by Crippen LogP contribution is -2.52. The predicted molar refractivity (Wildman–Crippen MR) is 120 cm³/mol. The van der Waals surface area contributed by atoms with Crippen LogP contribution in [-0.4, -0.2) is 66.2 Å². The maximum atomic E-state index is 13.6. The van der Waals surface area contributed by atoms with Crippen LogP contribution >= 0.6 is 0 Å². The molecule has 0 unspecified atom stereocenters. The highest BCUT2D eigenvalue weighted by Crippen LogP contribution is 2.31. The van der Waals surface area contributed by atoms with Gasteiger partial charge in [0.15, 0.2) is 18.0 Å². The van der Waals surface area contributed by atoms with E-state index >= 15 is 0 Å². The van der Waals surface area contributed by atoms with Gasteiger partial charge in [-0.3, -0.25) is 4.79 Å². The quantitative estimate of drug-likeness (QED) is 0.547. The number of carbonyl (C=O) groups is 2. The maximum absolute atomic E-state index is 13.6. The van der Waals surface area contributed by atoms with E-state index < -0.39 is 35.9 Å². The molecular weight excluding hydrogens is 426 g/mol. The summed E-state index contributed by atoms with van der Waals surface area (Å²) in [6, 6.07) is 18.4. The molecule has 0 radical (unpaired) electrons. The Hall–Kier alpha value is -2.78. The first-order chi connectivity index (χ1) is 15.8. The number of carbonyl (C=O) groups excluding carboxylic acids is 2. The second-order valence-corrected chi connectivity index (χ2v) is 8.29. The zero-order chi connectivity index (χ0) is 23.8. The number of aliphatic hydroxyl groups excluding tert-OH is 1. The molecule has 33 heavy (non-hydrogen) atoms. The molecule has 0 saturated carbocycles. The van der Waals surface area contributed by atoms with Crippen LogP contribution in [0.4, 0.5) is 0 Å². The number of amides is 1. The molecule has 1 heterocycles. The molecule has 1 amide bonds. The summed E-state index contributed by atoms with van der Waals surface area (Å²) in [4.78, 5) is 27.4. The summed E-state index contributed by atoms with van der Waals surface area (Å²) in [7, 11) is 1.23. The summed E-state index contributed by atoms with van der Waals surface area (Å²) < 4.78 is 22.1. The molecule has 3 atom stereocenters. The Bertz CT molecular complexity index is 903. The lowest BCUT2D eigenvalue weighted by atomic mass is 10.1. The number of nitrogens with zero attached hydrogens (tertiary/aromatic N) is 1. The van der Waals surface area contributed by atoms with Crippen LogP contribution in [0, 0.1) is 0 Å². The molecule has 178 valence electrons. The van der Waals surface area contributed by atoms with E-state index in [0.29, 0.717) is 6.61 Å². The number of hydrogen-bond acceptors (Lipinski definition) is 7. The molecule has 1 N–H and O–H groups in total. The van der Waals surface area contributed by atoms with Crippen molar-refractivity contribution in [2.75, 3.05) is 20.3 Å². The summed E-state index contributed by atoms with van der Waals surface area (Å²) in [6.07, 6.45) is -2.42. The van der Waals surface area contributed by atoms with Crippen LogP contribution < -0.4 is 0 Å². The molecule has 1 saturated heterocycles. The third-order valence-electron chi connectivity index (χ3n) is 5.33. The van der Waals surface area contributed by atoms with Gasteiger partial charge in [-0.05, 0) is 25.0 Å². The average molecular weight is 458 g/mol. The van der Waals surface area contributed by atoms with Gasteiger partial charge >= 0.3 is 5.97 Å². The van der Waals surface area contributed by atoms with Gasteiger partial charge < -0.3 is 29.0 Å². The minimum atomic E-state index is -1.21. The third-order valence-corrected chi connectivity index (χ3v) is 5.33. The summed E-state index contributed by atoms with van der Waals surface area (Å²) >= 11 is 0. The lowest BCUT2D eigenvalue weighted by molar-refractivity contribution is -0.170. The van der Waals surface area contributed by atoms with Crippen molar-refractivity contribution in [1.29, 1.82) is 0 Å². The van der Waals surface area contributed by atoms with Gasteiger partial charge in [0.05, 0.1) is 33.0 Å². The smallest absolute Gasteiger partial charge is 0.338 e. The van der Waals surface area contributed by atoms with Crippen molar-refractivity contribution in [2.24, 2.45) is 0 Å². The number of hydrogen-bond donors (Lipinski definition) is 1. The van der Waals surface area contributed by atoms with Crippen LogP contribution in [0.25, 0.3) is 0 Å². The van der Waals surface area contributed by atoms with Crippen LogP contribution in [0.5, 0.6) is 0 Å². The highest BCUT2D eigenvalue weighted by Gasteiger charge is 2.51.